The Hall–Kier alpha value is -2.15. The Labute approximate surface area is 156 Å². The maximum Gasteiger partial charge on any atom is -0.147 e. The van der Waals surface area contributed by atoms with Crippen LogP contribution in [0.1, 0.15) is 6.92 Å². The third-order valence-corrected chi connectivity index (χ3v) is 8.52. The van der Waals surface area contributed by atoms with Crippen molar-refractivity contribution in [2.24, 2.45) is 0 Å². The molecule has 4 heteroatoms. The summed E-state index contributed by atoms with van der Waals surface area (Å²) in [4.78, 5) is 9.00. The zero-order chi connectivity index (χ0) is 17.4. The summed E-state index contributed by atoms with van der Waals surface area (Å²) in [6.07, 6.45) is 0. The Morgan fingerprint density at radius 2 is 0.880 bits per heavy atom. The van der Waals surface area contributed by atoms with Gasteiger partial charge in [0.2, 0.25) is 0 Å². The van der Waals surface area contributed by atoms with Crippen molar-refractivity contribution in [2.75, 3.05) is 6.66 Å². The number of carboxylic acid groups (broad SMARTS) is 1. The van der Waals surface area contributed by atoms with E-state index in [-0.39, 0.29) is 12.4 Å². The Morgan fingerprint density at radius 1 is 0.680 bits per heavy atom. The van der Waals surface area contributed by atoms with Crippen LogP contribution in [0, 0.1) is 0 Å². The van der Waals surface area contributed by atoms with E-state index in [1.165, 1.54) is 15.9 Å². The Bertz CT molecular complexity index is 661. The normalized spacial score (nSPS) is 10.6. The van der Waals surface area contributed by atoms with Crippen LogP contribution in [-0.4, -0.2) is 17.7 Å². The van der Waals surface area contributed by atoms with Crippen LogP contribution in [-0.2, 0) is 4.79 Å². The molecule has 2 nitrogen and oxygen atoms in total. The molecule has 3 aromatic rings. The maximum absolute atomic E-state index is 9.00. The van der Waals surface area contributed by atoms with Gasteiger partial charge in [0.05, 0.1) is 0 Å². The summed E-state index contributed by atoms with van der Waals surface area (Å²) in [5.41, 5.74) is 0. The van der Waals surface area contributed by atoms with Crippen molar-refractivity contribution in [1.82, 2.24) is 0 Å². The largest absolute Gasteiger partial charge is 0.147 e. The number of carboxylic acids is 1. The summed E-state index contributed by atoms with van der Waals surface area (Å²) in [5, 5.41) is 11.8. The summed E-state index contributed by atoms with van der Waals surface area (Å²) >= 11 is 0. The Kier molecular flexibility index (Phi) is 8.34. The van der Waals surface area contributed by atoms with Gasteiger partial charge in [-0.15, -0.1) is 12.4 Å². The average Bonchev–Trinajstić information content (AvgIpc) is 2.63. The van der Waals surface area contributed by atoms with Gasteiger partial charge in [-0.2, -0.15) is 0 Å². The quantitative estimate of drug-likeness (QED) is 0.707. The van der Waals surface area contributed by atoms with Crippen molar-refractivity contribution in [1.29, 1.82) is 0 Å². The molecule has 0 bridgehead atoms. The van der Waals surface area contributed by atoms with Crippen molar-refractivity contribution in [2.45, 2.75) is 6.92 Å². The van der Waals surface area contributed by atoms with Gasteiger partial charge in [0, 0.05) is 6.92 Å². The number of aliphatic carboxylic acids is 1. The van der Waals surface area contributed by atoms with Crippen LogP contribution in [0.3, 0.4) is 0 Å². The van der Waals surface area contributed by atoms with Crippen molar-refractivity contribution < 1.29 is 9.90 Å². The summed E-state index contributed by atoms with van der Waals surface area (Å²) < 4.78 is 0. The molecular formula is C21H24ClO2P. The molecule has 3 aromatic carbocycles. The second-order valence-electron chi connectivity index (χ2n) is 5.74. The maximum atomic E-state index is 9.00. The molecule has 3 rings (SSSR count). The summed E-state index contributed by atoms with van der Waals surface area (Å²) in [6, 6.07) is 32.8. The zero-order valence-corrected chi connectivity index (χ0v) is 16.2. The second-order valence-corrected chi connectivity index (χ2v) is 9.72. The van der Waals surface area contributed by atoms with E-state index in [0.717, 1.165) is 6.92 Å². The van der Waals surface area contributed by atoms with E-state index in [0.29, 0.717) is 0 Å². The molecule has 0 aliphatic rings. The summed E-state index contributed by atoms with van der Waals surface area (Å²) in [5.74, 6) is -0.833. The van der Waals surface area contributed by atoms with Gasteiger partial charge in [0.15, 0.2) is 0 Å². The molecule has 0 spiro atoms. The van der Waals surface area contributed by atoms with Crippen LogP contribution in [0.15, 0.2) is 91.0 Å². The monoisotopic (exact) mass is 374 g/mol. The van der Waals surface area contributed by atoms with E-state index in [1.54, 1.807) is 0 Å². The van der Waals surface area contributed by atoms with Gasteiger partial charge >= 0.3 is 121 Å². The second kappa shape index (κ2) is 9.98. The molecule has 1 N–H and O–H groups in total. The predicted octanol–water partition coefficient (Wildman–Crippen LogP) is 3.86. The summed E-state index contributed by atoms with van der Waals surface area (Å²) in [6.45, 7) is 3.52. The van der Waals surface area contributed by atoms with Gasteiger partial charge in [-0.1, -0.05) is 0 Å². The first-order valence-corrected chi connectivity index (χ1v) is 10.4. The van der Waals surface area contributed by atoms with Crippen LogP contribution in [0.4, 0.5) is 0 Å². The number of hydrogen-bond acceptors (Lipinski definition) is 1. The van der Waals surface area contributed by atoms with Crippen molar-refractivity contribution in [3.8, 4) is 0 Å². The smallest absolute Gasteiger partial charge is 0.147 e. The number of benzene rings is 3. The van der Waals surface area contributed by atoms with E-state index in [1.807, 2.05) is 0 Å². The fourth-order valence-corrected chi connectivity index (χ4v) is 6.39. The number of hydrogen-bond donors (Lipinski definition) is 1. The predicted molar refractivity (Wildman–Crippen MR) is 113 cm³/mol. The molecule has 0 atom stereocenters. The Balaban J connectivity index is 0.000000568. The van der Waals surface area contributed by atoms with E-state index in [2.05, 4.69) is 97.7 Å². The third kappa shape index (κ3) is 5.42. The minimum Gasteiger partial charge on any atom is -0.147 e. The van der Waals surface area contributed by atoms with E-state index in [9.17, 15) is 0 Å². The van der Waals surface area contributed by atoms with Crippen LogP contribution < -0.4 is 15.9 Å². The molecule has 0 saturated carbocycles. The van der Waals surface area contributed by atoms with Gasteiger partial charge in [0.25, 0.3) is 5.97 Å². The van der Waals surface area contributed by atoms with E-state index in [4.69, 9.17) is 9.90 Å². The summed E-state index contributed by atoms with van der Waals surface area (Å²) in [7, 11) is -1.88. The Morgan fingerprint density at radius 3 is 1.08 bits per heavy atom. The van der Waals surface area contributed by atoms with E-state index >= 15 is 0 Å². The van der Waals surface area contributed by atoms with Gasteiger partial charge in [-0.3, -0.25) is 4.79 Å². The van der Waals surface area contributed by atoms with Crippen molar-refractivity contribution >= 4 is 41.6 Å². The average molecular weight is 375 g/mol. The molecule has 0 saturated heterocycles. The number of rotatable bonds is 3. The number of halogens is 1. The van der Waals surface area contributed by atoms with Crippen LogP contribution >= 0.6 is 19.7 Å². The molecule has 0 aromatic heterocycles. The molecule has 0 fully saturated rings. The molecule has 0 unspecified atom stereocenters. The van der Waals surface area contributed by atoms with Gasteiger partial charge in [-0.05, 0) is 0 Å². The molecular weight excluding hydrogens is 351 g/mol. The first-order valence-electron chi connectivity index (χ1n) is 7.91. The van der Waals surface area contributed by atoms with Gasteiger partial charge in [-0.25, -0.2) is 0 Å². The molecule has 132 valence electrons. The minimum absolute atomic E-state index is 0. The minimum atomic E-state index is -1.88. The number of carbonyl (C=O) groups is 1. The van der Waals surface area contributed by atoms with Crippen LogP contribution in [0.2, 0.25) is 0 Å². The van der Waals surface area contributed by atoms with Gasteiger partial charge in [0.1, 0.15) is 0 Å². The molecule has 0 amide bonds. The van der Waals surface area contributed by atoms with Crippen LogP contribution in [0.5, 0.6) is 0 Å². The SMILES string of the molecule is CC(=O)O.C[PH](c1ccccc1)(c1ccccc1)c1ccccc1.Cl. The van der Waals surface area contributed by atoms with E-state index < -0.39 is 13.2 Å². The molecule has 0 radical (unpaired) electrons. The van der Waals surface area contributed by atoms with Crippen LogP contribution in [0.25, 0.3) is 0 Å². The van der Waals surface area contributed by atoms with Crippen molar-refractivity contribution in [3.05, 3.63) is 91.0 Å². The first kappa shape index (κ1) is 20.9. The topological polar surface area (TPSA) is 37.3 Å². The standard InChI is InChI=1S/C19H19P.C2H4O2.ClH/c1-20(17-11-5-2-6-12-17,18-13-7-3-8-14-18)19-15-9-4-10-16-19;1-2(3)4;/h2-16,20H,1H3;1H3,(H,3,4);1H. The van der Waals surface area contributed by atoms with Crippen molar-refractivity contribution in [3.63, 3.8) is 0 Å². The van der Waals surface area contributed by atoms with Gasteiger partial charge < -0.3 is 5.11 Å². The molecule has 25 heavy (non-hydrogen) atoms. The third-order valence-electron chi connectivity index (χ3n) is 4.05. The fourth-order valence-electron chi connectivity index (χ4n) is 2.81. The molecule has 0 heterocycles. The fraction of sp³-hybridized carbons (Fsp3) is 0.0952. The molecule has 0 aliphatic heterocycles. The zero-order valence-electron chi connectivity index (χ0n) is 14.4. The molecule has 0 aliphatic carbocycles. The first-order chi connectivity index (χ1) is 11.5.